The summed E-state index contributed by atoms with van der Waals surface area (Å²) in [6.07, 6.45) is 8.19. The summed E-state index contributed by atoms with van der Waals surface area (Å²) in [6.45, 7) is 3.82. The Morgan fingerprint density at radius 1 is 1.19 bits per heavy atom. The van der Waals surface area contributed by atoms with E-state index in [1.165, 1.54) is 30.6 Å². The standard InChI is InChI=1S/C26H28FN7O2/c27-34-22-12-20(36)14-28-25-23(22)19(13-30-34)11-21(24(25)26-29-16-31-33(26)9-2-10-35)18-5-3-17(4-6-18)15-32-7-1-8-32/h3-6,11-13,16,21,24,28,35H,1-2,7-10,14-15H2. The van der Waals surface area contributed by atoms with Gasteiger partial charge in [0.25, 0.3) is 0 Å². The van der Waals surface area contributed by atoms with Crippen molar-refractivity contribution in [1.29, 1.82) is 0 Å². The van der Waals surface area contributed by atoms with Gasteiger partial charge in [0.15, 0.2) is 5.78 Å². The molecule has 2 aromatic rings. The molecule has 186 valence electrons. The van der Waals surface area contributed by atoms with Gasteiger partial charge in [0.2, 0.25) is 0 Å². The van der Waals surface area contributed by atoms with Gasteiger partial charge in [0, 0.05) is 48.5 Å². The number of hydrazone groups is 1. The van der Waals surface area contributed by atoms with Crippen LogP contribution in [0.15, 0.2) is 70.4 Å². The van der Waals surface area contributed by atoms with Crippen LogP contribution in [0.4, 0.5) is 4.48 Å². The third-order valence-corrected chi connectivity index (χ3v) is 7.26. The van der Waals surface area contributed by atoms with Gasteiger partial charge in [-0.3, -0.25) is 9.69 Å². The van der Waals surface area contributed by atoms with Crippen molar-refractivity contribution < 1.29 is 14.4 Å². The highest BCUT2D eigenvalue weighted by Gasteiger charge is 2.41. The maximum Gasteiger partial charge on any atom is 0.176 e. The fraction of sp³-hybridized carbons (Fsp3) is 0.385. The molecule has 10 heteroatoms. The number of carbonyl (C=O) groups is 1. The highest BCUT2D eigenvalue weighted by Crippen LogP contribution is 2.47. The zero-order valence-electron chi connectivity index (χ0n) is 19.8. The molecule has 0 spiro atoms. The lowest BCUT2D eigenvalue weighted by Crippen LogP contribution is -2.36. The summed E-state index contributed by atoms with van der Waals surface area (Å²) in [4.78, 5) is 19.5. The van der Waals surface area contributed by atoms with Crippen molar-refractivity contribution in [3.8, 4) is 0 Å². The number of aromatic nitrogens is 3. The van der Waals surface area contributed by atoms with E-state index in [0.717, 1.165) is 36.5 Å². The van der Waals surface area contributed by atoms with Crippen LogP contribution >= 0.6 is 0 Å². The molecule has 9 nitrogen and oxygen atoms in total. The van der Waals surface area contributed by atoms with E-state index in [4.69, 9.17) is 0 Å². The van der Waals surface area contributed by atoms with Crippen molar-refractivity contribution in [3.63, 3.8) is 0 Å². The van der Waals surface area contributed by atoms with E-state index in [1.807, 2.05) is 0 Å². The number of allylic oxidation sites excluding steroid dienone is 3. The fourth-order valence-corrected chi connectivity index (χ4v) is 5.36. The maximum absolute atomic E-state index is 14.8. The van der Waals surface area contributed by atoms with Crippen molar-refractivity contribution in [2.24, 2.45) is 5.10 Å². The Morgan fingerprint density at radius 3 is 2.78 bits per heavy atom. The first-order valence-corrected chi connectivity index (χ1v) is 12.4. The molecule has 1 aliphatic carbocycles. The molecule has 1 saturated heterocycles. The molecule has 4 heterocycles. The number of nitrogens with one attached hydrogen (secondary N) is 1. The summed E-state index contributed by atoms with van der Waals surface area (Å²) in [5, 5.41) is 21.2. The second kappa shape index (κ2) is 9.44. The molecule has 36 heavy (non-hydrogen) atoms. The average molecular weight is 490 g/mol. The molecular formula is C26H28FN7O2. The lowest BCUT2D eigenvalue weighted by Gasteiger charge is -2.36. The molecule has 6 rings (SSSR count). The topological polar surface area (TPSA) is 98.9 Å². The first kappa shape index (κ1) is 22.8. The number of halogens is 1. The predicted octanol–water partition coefficient (Wildman–Crippen LogP) is 2.17. The second-order valence-electron chi connectivity index (χ2n) is 9.56. The predicted molar refractivity (Wildman–Crippen MR) is 131 cm³/mol. The van der Waals surface area contributed by atoms with E-state index in [0.29, 0.717) is 24.4 Å². The molecule has 0 saturated carbocycles. The lowest BCUT2D eigenvalue weighted by molar-refractivity contribution is -0.113. The normalized spacial score (nSPS) is 23.5. The third kappa shape index (κ3) is 4.06. The Hall–Kier alpha value is -3.63. The molecule has 1 aromatic heterocycles. The zero-order chi connectivity index (χ0) is 24.6. The smallest absolute Gasteiger partial charge is 0.176 e. The molecule has 0 radical (unpaired) electrons. The summed E-state index contributed by atoms with van der Waals surface area (Å²) in [7, 11) is 0. The first-order valence-electron chi connectivity index (χ1n) is 12.4. The second-order valence-corrected chi connectivity index (χ2v) is 9.56. The van der Waals surface area contributed by atoms with Gasteiger partial charge in [-0.1, -0.05) is 40.1 Å². The quantitative estimate of drug-likeness (QED) is 0.575. The number of aryl methyl sites for hydroxylation is 1. The molecule has 0 amide bonds. The van der Waals surface area contributed by atoms with Crippen LogP contribution in [-0.2, 0) is 17.9 Å². The van der Waals surface area contributed by atoms with Gasteiger partial charge >= 0.3 is 0 Å². The molecule has 2 atom stereocenters. The van der Waals surface area contributed by atoms with Gasteiger partial charge in [-0.25, -0.2) is 9.67 Å². The Kier molecular flexibility index (Phi) is 5.98. The van der Waals surface area contributed by atoms with Gasteiger partial charge in [-0.05, 0) is 37.1 Å². The lowest BCUT2D eigenvalue weighted by atomic mass is 9.74. The number of ketones is 1. The van der Waals surface area contributed by atoms with E-state index in [-0.39, 0.29) is 41.7 Å². The summed E-state index contributed by atoms with van der Waals surface area (Å²) in [5.74, 6) is -0.00950. The highest BCUT2D eigenvalue weighted by atomic mass is 19.2. The van der Waals surface area contributed by atoms with E-state index in [2.05, 4.69) is 55.7 Å². The van der Waals surface area contributed by atoms with Crippen LogP contribution in [0.25, 0.3) is 0 Å². The van der Waals surface area contributed by atoms with E-state index in [1.54, 1.807) is 4.68 Å². The number of nitrogens with zero attached hydrogens (tertiary/aromatic N) is 6. The average Bonchev–Trinajstić information content (AvgIpc) is 3.25. The van der Waals surface area contributed by atoms with Gasteiger partial charge in [0.1, 0.15) is 17.8 Å². The Labute approximate surface area is 208 Å². The van der Waals surface area contributed by atoms with Gasteiger partial charge in [-0.15, -0.1) is 5.10 Å². The van der Waals surface area contributed by atoms with Crippen molar-refractivity contribution in [2.75, 3.05) is 26.2 Å². The summed E-state index contributed by atoms with van der Waals surface area (Å²) in [5.41, 5.74) is 4.59. The molecule has 2 N–H and O–H groups in total. The highest BCUT2D eigenvalue weighted by molar-refractivity contribution is 5.97. The fourth-order valence-electron chi connectivity index (χ4n) is 5.36. The minimum Gasteiger partial charge on any atom is -0.396 e. The number of rotatable bonds is 7. The molecular weight excluding hydrogens is 461 g/mol. The van der Waals surface area contributed by atoms with Gasteiger partial charge in [-0.2, -0.15) is 5.10 Å². The molecule has 4 aliphatic rings. The zero-order valence-corrected chi connectivity index (χ0v) is 19.8. The van der Waals surface area contributed by atoms with Crippen LogP contribution in [0, 0.1) is 0 Å². The van der Waals surface area contributed by atoms with Gasteiger partial charge in [0.05, 0.1) is 18.7 Å². The van der Waals surface area contributed by atoms with Gasteiger partial charge < -0.3 is 10.4 Å². The van der Waals surface area contributed by atoms with Crippen LogP contribution in [0.1, 0.15) is 41.6 Å². The minimum absolute atomic E-state index is 0.0385. The number of aliphatic hydroxyl groups excluding tert-OH is 1. The summed E-state index contributed by atoms with van der Waals surface area (Å²) in [6, 6.07) is 8.61. The monoisotopic (exact) mass is 489 g/mol. The van der Waals surface area contributed by atoms with E-state index < -0.39 is 0 Å². The van der Waals surface area contributed by atoms with E-state index in [9.17, 15) is 14.4 Å². The summed E-state index contributed by atoms with van der Waals surface area (Å²) >= 11 is 0. The number of carbonyl (C=O) groups excluding carboxylic acids is 1. The Morgan fingerprint density at radius 2 is 2.03 bits per heavy atom. The number of benzene rings is 1. The molecule has 2 unspecified atom stereocenters. The Balaban J connectivity index is 1.45. The van der Waals surface area contributed by atoms with Crippen molar-refractivity contribution in [2.45, 2.75) is 37.8 Å². The molecule has 0 bridgehead atoms. The first-order chi connectivity index (χ1) is 17.6. The van der Waals surface area contributed by atoms with Crippen LogP contribution in [0.2, 0.25) is 0 Å². The Bertz CT molecular complexity index is 1290. The van der Waals surface area contributed by atoms with Crippen molar-refractivity contribution in [3.05, 3.63) is 82.2 Å². The number of hydrogen-bond acceptors (Lipinski definition) is 8. The summed E-state index contributed by atoms with van der Waals surface area (Å²) < 4.78 is 16.6. The van der Waals surface area contributed by atoms with E-state index >= 15 is 0 Å². The molecule has 3 aliphatic heterocycles. The largest absolute Gasteiger partial charge is 0.396 e. The minimum atomic E-state index is -0.333. The van der Waals surface area contributed by atoms with Crippen molar-refractivity contribution >= 4 is 12.0 Å². The van der Waals surface area contributed by atoms with Crippen LogP contribution in [0.3, 0.4) is 0 Å². The van der Waals surface area contributed by atoms with Crippen LogP contribution in [0.5, 0.6) is 0 Å². The third-order valence-electron chi connectivity index (χ3n) is 7.26. The molecule has 1 aromatic carbocycles. The molecule has 1 fully saturated rings. The maximum atomic E-state index is 14.8. The van der Waals surface area contributed by atoms with Crippen molar-refractivity contribution in [1.82, 2.24) is 30.2 Å². The number of hydrogen-bond donors (Lipinski definition) is 2. The van der Waals surface area contributed by atoms with Crippen LogP contribution in [-0.4, -0.2) is 68.2 Å². The number of likely N-dealkylation sites (tertiary alicyclic amines) is 1. The van der Waals surface area contributed by atoms with Crippen LogP contribution < -0.4 is 5.32 Å². The number of aliphatic hydroxyl groups is 1. The SMILES string of the molecule is O=C1C=C2C3=C(NC1)C(c1ncnn1CCCO)C(c1ccc(CN4CCC4)cc1)C=C3C=NN2F.